The van der Waals surface area contributed by atoms with Gasteiger partial charge in [-0.25, -0.2) is 0 Å². The molecule has 0 aromatic heterocycles. The molecule has 2 saturated heterocycles. The molecule has 96 valence electrons. The maximum Gasteiger partial charge on any atom is 0.231 e. The number of primary amides is 1. The molecule has 2 rings (SSSR count). The Bertz CT molecular complexity index is 305. The molecule has 0 spiro atoms. The molecule has 0 unspecified atom stereocenters. The summed E-state index contributed by atoms with van der Waals surface area (Å²) in [6.07, 6.45) is 5.34. The maximum absolute atomic E-state index is 11.1. The summed E-state index contributed by atoms with van der Waals surface area (Å²) in [7, 11) is 0. The molecule has 5 nitrogen and oxygen atoms in total. The summed E-state index contributed by atoms with van der Waals surface area (Å²) < 4.78 is 0. The zero-order valence-corrected chi connectivity index (χ0v) is 10.3. The first-order valence-corrected chi connectivity index (χ1v) is 6.37. The highest BCUT2D eigenvalue weighted by molar-refractivity contribution is 5.76. The normalized spacial score (nSPS) is 33.1. The van der Waals surface area contributed by atoms with Gasteiger partial charge in [0.1, 0.15) is 0 Å². The molecule has 2 atom stereocenters. The fourth-order valence-electron chi connectivity index (χ4n) is 3.32. The lowest BCUT2D eigenvalue weighted by Crippen LogP contribution is -2.58. The van der Waals surface area contributed by atoms with Crippen molar-refractivity contribution in [1.82, 2.24) is 10.2 Å². The summed E-state index contributed by atoms with van der Waals surface area (Å²) in [6.45, 7) is 1.92. The van der Waals surface area contributed by atoms with Crippen LogP contribution in [0.15, 0.2) is 0 Å². The first kappa shape index (κ1) is 12.4. The Kier molecular flexibility index (Phi) is 3.66. The molecule has 5 heteroatoms. The molecule has 3 N–H and O–H groups in total. The minimum Gasteiger partial charge on any atom is -0.369 e. The molecule has 17 heavy (non-hydrogen) atoms. The minimum atomic E-state index is -0.250. The van der Waals surface area contributed by atoms with Crippen LogP contribution in [-0.2, 0) is 9.59 Å². The lowest BCUT2D eigenvalue weighted by molar-refractivity contribution is -0.124. The van der Waals surface area contributed by atoms with E-state index in [1.807, 2.05) is 0 Å². The summed E-state index contributed by atoms with van der Waals surface area (Å²) >= 11 is 0. The molecule has 2 bridgehead atoms. The van der Waals surface area contributed by atoms with Crippen molar-refractivity contribution in [3.8, 4) is 0 Å². The van der Waals surface area contributed by atoms with Gasteiger partial charge in [0.2, 0.25) is 11.8 Å². The van der Waals surface area contributed by atoms with Crippen molar-refractivity contribution in [3.05, 3.63) is 0 Å². The molecule has 2 fully saturated rings. The molecule has 0 saturated carbocycles. The maximum atomic E-state index is 11.1. The van der Waals surface area contributed by atoms with Crippen LogP contribution in [0.3, 0.4) is 0 Å². The second kappa shape index (κ2) is 5.04. The Morgan fingerprint density at radius 2 is 1.88 bits per heavy atom. The van der Waals surface area contributed by atoms with Crippen LogP contribution in [0.1, 0.15) is 39.0 Å². The molecule has 0 aliphatic carbocycles. The predicted octanol–water partition coefficient (Wildman–Crippen LogP) is -0.00670. The molecule has 0 radical (unpaired) electrons. The Balaban J connectivity index is 2.00. The zero-order valence-electron chi connectivity index (χ0n) is 10.3. The lowest BCUT2D eigenvalue weighted by atomic mass is 9.81. The standard InChI is InChI=1S/C12H21N3O2/c1-8(16)14-9-5-10-3-2-4-11(6-9)15(10)7-12(13)17/h9-11H,2-7H2,1H3,(H2,13,17)(H,14,16)/t10-,11-/m0/s1. The second-order valence-electron chi connectivity index (χ2n) is 5.25. The van der Waals surface area contributed by atoms with E-state index in [-0.39, 0.29) is 17.9 Å². The topological polar surface area (TPSA) is 75.4 Å². The van der Waals surface area contributed by atoms with Crippen molar-refractivity contribution in [2.75, 3.05) is 6.54 Å². The highest BCUT2D eigenvalue weighted by Gasteiger charge is 2.38. The van der Waals surface area contributed by atoms with Crippen LogP contribution in [0.4, 0.5) is 0 Å². The van der Waals surface area contributed by atoms with Crippen molar-refractivity contribution in [2.24, 2.45) is 5.73 Å². The number of hydrogen-bond donors (Lipinski definition) is 2. The van der Waals surface area contributed by atoms with Crippen LogP contribution in [0.25, 0.3) is 0 Å². The Labute approximate surface area is 102 Å². The van der Waals surface area contributed by atoms with E-state index < -0.39 is 0 Å². The van der Waals surface area contributed by atoms with E-state index in [1.54, 1.807) is 6.92 Å². The number of piperidine rings is 2. The van der Waals surface area contributed by atoms with Crippen LogP contribution in [0.5, 0.6) is 0 Å². The molecule has 2 heterocycles. The Morgan fingerprint density at radius 3 is 2.35 bits per heavy atom. The number of nitrogens with one attached hydrogen (secondary N) is 1. The van der Waals surface area contributed by atoms with Gasteiger partial charge in [0.25, 0.3) is 0 Å². The van der Waals surface area contributed by atoms with Crippen LogP contribution in [0.2, 0.25) is 0 Å². The highest BCUT2D eigenvalue weighted by Crippen LogP contribution is 2.33. The largest absolute Gasteiger partial charge is 0.369 e. The monoisotopic (exact) mass is 239 g/mol. The van der Waals surface area contributed by atoms with Gasteiger partial charge in [0, 0.05) is 25.0 Å². The molecule has 0 aromatic rings. The number of nitrogens with zero attached hydrogens (tertiary/aromatic N) is 1. The minimum absolute atomic E-state index is 0.0384. The van der Waals surface area contributed by atoms with Gasteiger partial charge in [-0.05, 0) is 25.7 Å². The average molecular weight is 239 g/mol. The van der Waals surface area contributed by atoms with Gasteiger partial charge in [-0.15, -0.1) is 0 Å². The summed E-state index contributed by atoms with van der Waals surface area (Å²) in [5.41, 5.74) is 5.29. The van der Waals surface area contributed by atoms with E-state index in [1.165, 1.54) is 6.42 Å². The van der Waals surface area contributed by atoms with Crippen molar-refractivity contribution in [1.29, 1.82) is 0 Å². The van der Waals surface area contributed by atoms with Crippen LogP contribution in [-0.4, -0.2) is 41.4 Å². The smallest absolute Gasteiger partial charge is 0.231 e. The Morgan fingerprint density at radius 1 is 1.29 bits per heavy atom. The Hall–Kier alpha value is -1.10. The number of nitrogens with two attached hydrogens (primary N) is 1. The number of amides is 2. The van der Waals surface area contributed by atoms with Gasteiger partial charge in [-0.2, -0.15) is 0 Å². The fourth-order valence-corrected chi connectivity index (χ4v) is 3.32. The average Bonchev–Trinajstić information content (AvgIpc) is 2.17. The predicted molar refractivity (Wildman–Crippen MR) is 64.2 cm³/mol. The number of rotatable bonds is 3. The molecular formula is C12H21N3O2. The summed E-state index contributed by atoms with van der Waals surface area (Å²) in [4.78, 5) is 24.4. The summed E-state index contributed by atoms with van der Waals surface area (Å²) in [5, 5.41) is 3.00. The van der Waals surface area contributed by atoms with E-state index in [0.29, 0.717) is 18.6 Å². The molecule has 2 aliphatic rings. The van der Waals surface area contributed by atoms with Crippen molar-refractivity contribution in [3.63, 3.8) is 0 Å². The number of hydrogen-bond acceptors (Lipinski definition) is 3. The van der Waals surface area contributed by atoms with Crippen molar-refractivity contribution >= 4 is 11.8 Å². The van der Waals surface area contributed by atoms with Crippen LogP contribution < -0.4 is 11.1 Å². The van der Waals surface area contributed by atoms with Crippen molar-refractivity contribution in [2.45, 2.75) is 57.2 Å². The van der Waals surface area contributed by atoms with E-state index in [4.69, 9.17) is 5.73 Å². The molecule has 2 amide bonds. The van der Waals surface area contributed by atoms with Gasteiger partial charge in [-0.1, -0.05) is 6.42 Å². The first-order valence-electron chi connectivity index (χ1n) is 6.37. The zero-order chi connectivity index (χ0) is 12.4. The summed E-state index contributed by atoms with van der Waals surface area (Å²) in [5.74, 6) is -0.212. The second-order valence-corrected chi connectivity index (χ2v) is 5.25. The van der Waals surface area contributed by atoms with Gasteiger partial charge in [0.05, 0.1) is 6.54 Å². The van der Waals surface area contributed by atoms with E-state index in [0.717, 1.165) is 25.7 Å². The van der Waals surface area contributed by atoms with Gasteiger partial charge in [-0.3, -0.25) is 14.5 Å². The van der Waals surface area contributed by atoms with Crippen LogP contribution in [0, 0.1) is 0 Å². The SMILES string of the molecule is CC(=O)NC1C[C@@H]2CCC[C@@H](C1)N2CC(N)=O. The van der Waals surface area contributed by atoms with Gasteiger partial charge < -0.3 is 11.1 Å². The highest BCUT2D eigenvalue weighted by atomic mass is 16.2. The van der Waals surface area contributed by atoms with Crippen LogP contribution >= 0.6 is 0 Å². The van der Waals surface area contributed by atoms with E-state index >= 15 is 0 Å². The van der Waals surface area contributed by atoms with E-state index in [9.17, 15) is 9.59 Å². The summed E-state index contributed by atoms with van der Waals surface area (Å²) in [6, 6.07) is 1.09. The first-order chi connectivity index (χ1) is 8.06. The number of carbonyl (C=O) groups excluding carboxylic acids is 2. The number of carbonyl (C=O) groups is 2. The van der Waals surface area contributed by atoms with Crippen molar-refractivity contribution < 1.29 is 9.59 Å². The van der Waals surface area contributed by atoms with Gasteiger partial charge in [0.15, 0.2) is 0 Å². The molecular weight excluding hydrogens is 218 g/mol. The third-order valence-corrected chi connectivity index (χ3v) is 3.87. The molecule has 0 aromatic carbocycles. The fraction of sp³-hybridized carbons (Fsp3) is 0.833. The quantitative estimate of drug-likeness (QED) is 0.727. The third-order valence-electron chi connectivity index (χ3n) is 3.87. The lowest BCUT2D eigenvalue weighted by Gasteiger charge is -2.48. The van der Waals surface area contributed by atoms with E-state index in [2.05, 4.69) is 10.2 Å². The number of fused-ring (bicyclic) bond motifs is 2. The van der Waals surface area contributed by atoms with Gasteiger partial charge >= 0.3 is 0 Å². The molecule has 2 aliphatic heterocycles. The third kappa shape index (κ3) is 2.97.